The molecule has 0 fully saturated rings. The van der Waals surface area contributed by atoms with Crippen LogP contribution in [0.3, 0.4) is 0 Å². The van der Waals surface area contributed by atoms with Gasteiger partial charge >= 0.3 is 17.9 Å². The summed E-state index contributed by atoms with van der Waals surface area (Å²) < 4.78 is 18.9. The second-order valence-corrected chi connectivity index (χ2v) is 4.42. The molecule has 2 unspecified atom stereocenters. The normalized spacial score (nSPS) is 12.3. The third kappa shape index (κ3) is 20.8. The molecule has 0 aliphatic carbocycles. The summed E-state index contributed by atoms with van der Waals surface area (Å²) in [5, 5.41) is 0. The standard InChI is InChI=1S/C8H14O4.C6H12O3/c1-6(12-8(3)10)4-5-11-7(2)9;1-5(4-8-3)9-6(2)7/h6H,4-5H2,1-3H3;5H,4H2,1-3H3. The summed E-state index contributed by atoms with van der Waals surface area (Å²) in [7, 11) is 1.57. The highest BCUT2D eigenvalue weighted by Crippen LogP contribution is 1.98. The molecule has 0 aliphatic rings. The Bertz CT molecular complexity index is 314. The molecule has 7 heteroatoms. The van der Waals surface area contributed by atoms with E-state index in [0.717, 1.165) is 0 Å². The lowest BCUT2D eigenvalue weighted by Gasteiger charge is -2.10. The zero-order chi connectivity index (χ0) is 16.8. The molecule has 0 heterocycles. The molecule has 0 rings (SSSR count). The van der Waals surface area contributed by atoms with Crippen LogP contribution in [0.15, 0.2) is 0 Å². The number of hydrogen-bond acceptors (Lipinski definition) is 7. The molecule has 0 spiro atoms. The molecule has 0 saturated carbocycles. The SMILES string of the molecule is CC(=O)OCCC(C)OC(C)=O.COCC(C)OC(C)=O. The molecule has 0 aromatic rings. The second-order valence-electron chi connectivity index (χ2n) is 4.42. The van der Waals surface area contributed by atoms with Gasteiger partial charge in [-0.25, -0.2) is 0 Å². The van der Waals surface area contributed by atoms with E-state index in [1.807, 2.05) is 0 Å². The molecule has 21 heavy (non-hydrogen) atoms. The van der Waals surface area contributed by atoms with Crippen LogP contribution in [0.4, 0.5) is 0 Å². The van der Waals surface area contributed by atoms with Gasteiger partial charge in [-0.1, -0.05) is 0 Å². The Morgan fingerprint density at radius 3 is 1.71 bits per heavy atom. The van der Waals surface area contributed by atoms with Crippen molar-refractivity contribution < 1.29 is 33.3 Å². The van der Waals surface area contributed by atoms with Crippen molar-refractivity contribution in [2.24, 2.45) is 0 Å². The Morgan fingerprint density at radius 1 is 0.857 bits per heavy atom. The molecular weight excluding hydrogens is 280 g/mol. The second kappa shape index (κ2) is 13.4. The minimum Gasteiger partial charge on any atom is -0.466 e. The number of hydrogen-bond donors (Lipinski definition) is 0. The highest BCUT2D eigenvalue weighted by Gasteiger charge is 2.05. The van der Waals surface area contributed by atoms with Crippen molar-refractivity contribution in [1.29, 1.82) is 0 Å². The van der Waals surface area contributed by atoms with Crippen molar-refractivity contribution >= 4 is 17.9 Å². The van der Waals surface area contributed by atoms with Gasteiger partial charge in [-0.2, -0.15) is 0 Å². The molecule has 7 nitrogen and oxygen atoms in total. The summed E-state index contributed by atoms with van der Waals surface area (Å²) >= 11 is 0. The third-order valence-electron chi connectivity index (χ3n) is 1.97. The first-order valence-corrected chi connectivity index (χ1v) is 6.65. The molecule has 124 valence electrons. The Morgan fingerprint density at radius 2 is 1.33 bits per heavy atom. The van der Waals surface area contributed by atoms with Gasteiger partial charge in [0.25, 0.3) is 0 Å². The fraction of sp³-hybridized carbons (Fsp3) is 0.786. The number of carbonyl (C=O) groups excluding carboxylic acids is 3. The van der Waals surface area contributed by atoms with Gasteiger partial charge in [-0.15, -0.1) is 0 Å². The van der Waals surface area contributed by atoms with E-state index in [1.165, 1.54) is 20.8 Å². The number of esters is 3. The number of ether oxygens (including phenoxy) is 4. The molecule has 0 aromatic heterocycles. The summed E-state index contributed by atoms with van der Waals surface area (Å²) in [6, 6.07) is 0. The van der Waals surface area contributed by atoms with Crippen LogP contribution >= 0.6 is 0 Å². The van der Waals surface area contributed by atoms with Crippen LogP contribution in [-0.4, -0.2) is 50.4 Å². The van der Waals surface area contributed by atoms with Gasteiger partial charge in [0.05, 0.1) is 13.2 Å². The summed E-state index contributed by atoms with van der Waals surface area (Å²) in [5.74, 6) is -0.894. The quantitative estimate of drug-likeness (QED) is 0.520. The van der Waals surface area contributed by atoms with E-state index in [4.69, 9.17) is 14.2 Å². The summed E-state index contributed by atoms with van der Waals surface area (Å²) in [5.41, 5.74) is 0. The maximum absolute atomic E-state index is 10.4. The van der Waals surface area contributed by atoms with Crippen LogP contribution in [0.25, 0.3) is 0 Å². The molecule has 0 aliphatic heterocycles. The number of rotatable bonds is 7. The van der Waals surface area contributed by atoms with Crippen LogP contribution in [0.1, 0.15) is 41.0 Å². The highest BCUT2D eigenvalue weighted by molar-refractivity contribution is 5.66. The topological polar surface area (TPSA) is 88.1 Å². The maximum Gasteiger partial charge on any atom is 0.302 e. The summed E-state index contributed by atoms with van der Waals surface area (Å²) in [6.07, 6.45) is 0.216. The number of methoxy groups -OCH3 is 1. The minimum absolute atomic E-state index is 0.132. The highest BCUT2D eigenvalue weighted by atomic mass is 16.6. The minimum atomic E-state index is -0.315. The third-order valence-corrected chi connectivity index (χ3v) is 1.97. The van der Waals surface area contributed by atoms with Gasteiger partial charge in [0.1, 0.15) is 12.2 Å². The molecule has 0 radical (unpaired) electrons. The maximum atomic E-state index is 10.4. The molecule has 0 saturated heterocycles. The van der Waals surface area contributed by atoms with E-state index < -0.39 is 0 Å². The zero-order valence-corrected chi connectivity index (χ0v) is 13.6. The predicted molar refractivity (Wildman–Crippen MR) is 75.6 cm³/mol. The average molecular weight is 306 g/mol. The lowest BCUT2D eigenvalue weighted by atomic mass is 10.3. The first kappa shape index (κ1) is 21.7. The lowest BCUT2D eigenvalue weighted by molar-refractivity contribution is -0.149. The van der Waals surface area contributed by atoms with E-state index in [2.05, 4.69) is 4.74 Å². The van der Waals surface area contributed by atoms with Gasteiger partial charge in [0.15, 0.2) is 0 Å². The van der Waals surface area contributed by atoms with Crippen molar-refractivity contribution in [1.82, 2.24) is 0 Å². The van der Waals surface area contributed by atoms with E-state index >= 15 is 0 Å². The fourth-order valence-corrected chi connectivity index (χ4v) is 1.26. The van der Waals surface area contributed by atoms with E-state index in [-0.39, 0.29) is 30.1 Å². The average Bonchev–Trinajstić information content (AvgIpc) is 2.27. The van der Waals surface area contributed by atoms with Gasteiger partial charge in [0.2, 0.25) is 0 Å². The monoisotopic (exact) mass is 306 g/mol. The zero-order valence-electron chi connectivity index (χ0n) is 13.6. The summed E-state index contributed by atoms with van der Waals surface area (Å²) in [6.45, 7) is 8.37. The Hall–Kier alpha value is -1.63. The van der Waals surface area contributed by atoms with E-state index in [9.17, 15) is 14.4 Å². The van der Waals surface area contributed by atoms with E-state index in [0.29, 0.717) is 19.6 Å². The fourth-order valence-electron chi connectivity index (χ4n) is 1.26. The molecule has 0 aromatic carbocycles. The first-order chi connectivity index (χ1) is 9.68. The molecular formula is C14H26O7. The van der Waals surface area contributed by atoms with Crippen molar-refractivity contribution in [2.45, 2.75) is 53.2 Å². The van der Waals surface area contributed by atoms with Gasteiger partial charge in [0, 0.05) is 34.3 Å². The molecule has 0 bridgehead atoms. The van der Waals surface area contributed by atoms with Crippen LogP contribution in [-0.2, 0) is 33.3 Å². The molecule has 0 N–H and O–H groups in total. The first-order valence-electron chi connectivity index (χ1n) is 6.65. The van der Waals surface area contributed by atoms with Crippen molar-refractivity contribution in [3.05, 3.63) is 0 Å². The van der Waals surface area contributed by atoms with Crippen LogP contribution in [0, 0.1) is 0 Å². The van der Waals surface area contributed by atoms with Crippen molar-refractivity contribution in [3.63, 3.8) is 0 Å². The largest absolute Gasteiger partial charge is 0.466 e. The number of carbonyl (C=O) groups is 3. The van der Waals surface area contributed by atoms with Gasteiger partial charge in [-0.05, 0) is 13.8 Å². The van der Waals surface area contributed by atoms with Crippen molar-refractivity contribution in [3.8, 4) is 0 Å². The summed E-state index contributed by atoms with van der Waals surface area (Å²) in [4.78, 5) is 31.0. The molecule has 2 atom stereocenters. The van der Waals surface area contributed by atoms with Crippen LogP contribution < -0.4 is 0 Å². The van der Waals surface area contributed by atoms with Crippen LogP contribution in [0.2, 0.25) is 0 Å². The smallest absolute Gasteiger partial charge is 0.302 e. The van der Waals surface area contributed by atoms with Gasteiger partial charge < -0.3 is 18.9 Å². The molecule has 0 amide bonds. The van der Waals surface area contributed by atoms with Gasteiger partial charge in [-0.3, -0.25) is 14.4 Å². The van der Waals surface area contributed by atoms with Crippen LogP contribution in [0.5, 0.6) is 0 Å². The lowest BCUT2D eigenvalue weighted by Crippen LogP contribution is -2.17. The predicted octanol–water partition coefficient (Wildman–Crippen LogP) is 1.48. The Kier molecular flexibility index (Phi) is 13.8. The Labute approximate surface area is 125 Å². The Balaban J connectivity index is 0. The van der Waals surface area contributed by atoms with Crippen molar-refractivity contribution in [2.75, 3.05) is 20.3 Å². The van der Waals surface area contributed by atoms with E-state index in [1.54, 1.807) is 21.0 Å².